The summed E-state index contributed by atoms with van der Waals surface area (Å²) >= 11 is 6.21. The van der Waals surface area contributed by atoms with Crippen LogP contribution in [0.15, 0.2) is 59.5 Å². The first-order chi connectivity index (χ1) is 14.8. The van der Waals surface area contributed by atoms with Crippen molar-refractivity contribution in [3.63, 3.8) is 0 Å². The van der Waals surface area contributed by atoms with E-state index in [2.05, 4.69) is 28.8 Å². The number of anilines is 2. The fourth-order valence-electron chi connectivity index (χ4n) is 4.10. The quantitative estimate of drug-likeness (QED) is 0.588. The Bertz CT molecular complexity index is 1210. The maximum atomic E-state index is 13.2. The van der Waals surface area contributed by atoms with Crippen LogP contribution in [0, 0.1) is 0 Å². The van der Waals surface area contributed by atoms with Gasteiger partial charge in [-0.25, -0.2) is 8.42 Å². The van der Waals surface area contributed by atoms with Crippen molar-refractivity contribution in [3.05, 3.63) is 59.6 Å². The second kappa shape index (κ2) is 8.57. The third-order valence-corrected chi connectivity index (χ3v) is 7.15. The van der Waals surface area contributed by atoms with Gasteiger partial charge in [0, 0.05) is 41.3 Å². The third kappa shape index (κ3) is 4.59. The van der Waals surface area contributed by atoms with Crippen molar-refractivity contribution in [1.82, 2.24) is 5.32 Å². The van der Waals surface area contributed by atoms with Crippen LogP contribution in [-0.4, -0.2) is 40.7 Å². The number of hydrogen-bond acceptors (Lipinski definition) is 5. The summed E-state index contributed by atoms with van der Waals surface area (Å²) in [5, 5.41) is 5.67. The number of nitrogens with one attached hydrogen (secondary N) is 2. The van der Waals surface area contributed by atoms with Gasteiger partial charge >= 0.3 is 0 Å². The molecule has 31 heavy (non-hydrogen) atoms. The van der Waals surface area contributed by atoms with Crippen molar-refractivity contribution >= 4 is 43.8 Å². The van der Waals surface area contributed by atoms with E-state index in [-0.39, 0.29) is 4.90 Å². The number of benzene rings is 3. The number of methoxy groups -OCH3 is 1. The zero-order valence-corrected chi connectivity index (χ0v) is 19.3. The van der Waals surface area contributed by atoms with Crippen LogP contribution in [0.4, 0.5) is 11.4 Å². The number of ether oxygens (including phenoxy) is 1. The maximum Gasteiger partial charge on any atom is 0.262 e. The minimum atomic E-state index is -3.82. The Balaban J connectivity index is 1.67. The molecule has 1 aliphatic rings. The van der Waals surface area contributed by atoms with Gasteiger partial charge in [-0.1, -0.05) is 29.8 Å². The summed E-state index contributed by atoms with van der Waals surface area (Å²) in [5.41, 5.74) is 1.36. The molecule has 4 rings (SSSR count). The van der Waals surface area contributed by atoms with Crippen molar-refractivity contribution in [3.8, 4) is 5.75 Å². The first-order valence-electron chi connectivity index (χ1n) is 10.2. The molecule has 1 aliphatic heterocycles. The van der Waals surface area contributed by atoms with Crippen molar-refractivity contribution in [2.75, 3.05) is 29.8 Å². The lowest BCUT2D eigenvalue weighted by Gasteiger charge is -2.38. The Hall–Kier alpha value is -2.48. The third-order valence-electron chi connectivity index (χ3n) is 5.46. The second-order valence-electron chi connectivity index (χ2n) is 7.99. The van der Waals surface area contributed by atoms with Crippen LogP contribution in [0.1, 0.15) is 13.8 Å². The highest BCUT2D eigenvalue weighted by Crippen LogP contribution is 2.33. The molecule has 2 atom stereocenters. The van der Waals surface area contributed by atoms with Gasteiger partial charge in [0.2, 0.25) is 0 Å². The molecule has 0 radical (unpaired) electrons. The first-order valence-corrected chi connectivity index (χ1v) is 12.0. The molecule has 0 aromatic heterocycles. The Morgan fingerprint density at radius 3 is 2.52 bits per heavy atom. The largest absolute Gasteiger partial charge is 0.495 e. The molecule has 0 amide bonds. The molecule has 164 valence electrons. The highest BCUT2D eigenvalue weighted by Gasteiger charge is 2.23. The zero-order chi connectivity index (χ0) is 22.2. The molecule has 1 saturated heterocycles. The van der Waals surface area contributed by atoms with E-state index in [0.717, 1.165) is 29.5 Å². The molecule has 2 N–H and O–H groups in total. The molecule has 1 fully saturated rings. The van der Waals surface area contributed by atoms with Crippen LogP contribution < -0.4 is 19.7 Å². The van der Waals surface area contributed by atoms with E-state index >= 15 is 0 Å². The van der Waals surface area contributed by atoms with Gasteiger partial charge < -0.3 is 15.0 Å². The summed E-state index contributed by atoms with van der Waals surface area (Å²) in [6.07, 6.45) is 0. The predicted molar refractivity (Wildman–Crippen MR) is 127 cm³/mol. The summed E-state index contributed by atoms with van der Waals surface area (Å²) in [7, 11) is -2.30. The summed E-state index contributed by atoms with van der Waals surface area (Å²) in [6, 6.07) is 16.6. The van der Waals surface area contributed by atoms with E-state index < -0.39 is 10.0 Å². The highest BCUT2D eigenvalue weighted by molar-refractivity contribution is 7.92. The second-order valence-corrected chi connectivity index (χ2v) is 10.1. The van der Waals surface area contributed by atoms with Crippen LogP contribution in [-0.2, 0) is 10.0 Å². The van der Waals surface area contributed by atoms with E-state index in [1.54, 1.807) is 36.4 Å². The maximum absolute atomic E-state index is 13.2. The molecule has 3 aromatic rings. The van der Waals surface area contributed by atoms with Gasteiger partial charge in [0.25, 0.3) is 10.0 Å². The molecular weight excluding hydrogens is 434 g/mol. The molecule has 0 spiro atoms. The van der Waals surface area contributed by atoms with Gasteiger partial charge in [0.1, 0.15) is 5.75 Å². The molecule has 1 heterocycles. The van der Waals surface area contributed by atoms with Crippen LogP contribution in [0.25, 0.3) is 10.8 Å². The molecule has 6 nitrogen and oxygen atoms in total. The van der Waals surface area contributed by atoms with E-state index in [1.807, 2.05) is 18.2 Å². The number of hydrogen-bond donors (Lipinski definition) is 2. The van der Waals surface area contributed by atoms with E-state index in [4.69, 9.17) is 16.3 Å². The zero-order valence-electron chi connectivity index (χ0n) is 17.7. The lowest BCUT2D eigenvalue weighted by Crippen LogP contribution is -2.54. The van der Waals surface area contributed by atoms with Gasteiger partial charge in [-0.2, -0.15) is 0 Å². The summed E-state index contributed by atoms with van der Waals surface area (Å²) in [4.78, 5) is 2.42. The number of fused-ring (bicyclic) bond motifs is 1. The van der Waals surface area contributed by atoms with Crippen LogP contribution in [0.5, 0.6) is 5.75 Å². The summed E-state index contributed by atoms with van der Waals surface area (Å²) < 4.78 is 34.5. The molecular formula is C23H26ClN3O3S. The number of piperazine rings is 1. The van der Waals surface area contributed by atoms with Gasteiger partial charge in [-0.05, 0) is 55.6 Å². The van der Waals surface area contributed by atoms with Crippen LogP contribution >= 0.6 is 11.6 Å². The Morgan fingerprint density at radius 2 is 1.81 bits per heavy atom. The molecule has 0 saturated carbocycles. The topological polar surface area (TPSA) is 70.7 Å². The lowest BCUT2D eigenvalue weighted by molar-refractivity contribution is 0.406. The number of sulfonamides is 1. The molecule has 0 aliphatic carbocycles. The first kappa shape index (κ1) is 21.7. The monoisotopic (exact) mass is 459 g/mol. The number of rotatable bonds is 5. The average Bonchev–Trinajstić information content (AvgIpc) is 2.72. The Labute approximate surface area is 188 Å². The van der Waals surface area contributed by atoms with Crippen molar-refractivity contribution in [2.45, 2.75) is 30.8 Å². The van der Waals surface area contributed by atoms with E-state index in [9.17, 15) is 8.42 Å². The molecule has 3 aromatic carbocycles. The summed E-state index contributed by atoms with van der Waals surface area (Å²) in [6.45, 7) is 5.96. The van der Waals surface area contributed by atoms with E-state index in [0.29, 0.717) is 28.5 Å². The average molecular weight is 460 g/mol. The normalized spacial score (nSPS) is 19.4. The standard InChI is InChI=1S/C23H26ClN3O3S/c1-15-13-27(14-16(2)25-15)18-7-10-23(30-3)22(12-18)26-31(28,29)19-8-9-20-17(11-19)5-4-6-21(20)24/h4-12,15-16,25-26H,13-14H2,1-3H3/t15-,16+. The fourth-order valence-corrected chi connectivity index (χ4v) is 5.44. The lowest BCUT2D eigenvalue weighted by atomic mass is 10.1. The Kier molecular flexibility index (Phi) is 6.01. The van der Waals surface area contributed by atoms with Crippen molar-refractivity contribution in [2.24, 2.45) is 0 Å². The molecule has 0 bridgehead atoms. The smallest absolute Gasteiger partial charge is 0.262 e. The van der Waals surface area contributed by atoms with Crippen molar-refractivity contribution in [1.29, 1.82) is 0 Å². The molecule has 8 heteroatoms. The van der Waals surface area contributed by atoms with Gasteiger partial charge in [-0.3, -0.25) is 4.72 Å². The Morgan fingerprint density at radius 1 is 1.06 bits per heavy atom. The van der Waals surface area contributed by atoms with Gasteiger partial charge in [0.15, 0.2) is 0 Å². The van der Waals surface area contributed by atoms with Crippen LogP contribution in [0.2, 0.25) is 5.02 Å². The summed E-state index contributed by atoms with van der Waals surface area (Å²) in [5.74, 6) is 0.465. The highest BCUT2D eigenvalue weighted by atomic mass is 35.5. The van der Waals surface area contributed by atoms with E-state index in [1.165, 1.54) is 7.11 Å². The minimum absolute atomic E-state index is 0.166. The fraction of sp³-hybridized carbons (Fsp3) is 0.304. The van der Waals surface area contributed by atoms with Crippen molar-refractivity contribution < 1.29 is 13.2 Å². The van der Waals surface area contributed by atoms with Crippen LogP contribution in [0.3, 0.4) is 0 Å². The molecule has 0 unspecified atom stereocenters. The minimum Gasteiger partial charge on any atom is -0.495 e. The predicted octanol–water partition coefficient (Wildman–Crippen LogP) is 4.49. The number of halogens is 1. The number of nitrogens with zero attached hydrogens (tertiary/aromatic N) is 1. The van der Waals surface area contributed by atoms with Gasteiger partial charge in [-0.15, -0.1) is 0 Å². The van der Waals surface area contributed by atoms with Gasteiger partial charge in [0.05, 0.1) is 17.7 Å². The SMILES string of the molecule is COc1ccc(N2C[C@@H](C)N[C@@H](C)C2)cc1NS(=O)(=O)c1ccc2c(Cl)cccc2c1.